The van der Waals surface area contributed by atoms with E-state index in [1.54, 1.807) is 23.7 Å². The van der Waals surface area contributed by atoms with Gasteiger partial charge in [-0.3, -0.25) is 4.98 Å². The van der Waals surface area contributed by atoms with Crippen LogP contribution in [0.4, 0.5) is 10.2 Å². The van der Waals surface area contributed by atoms with Crippen molar-refractivity contribution in [2.24, 2.45) is 5.92 Å². The Labute approximate surface area is 172 Å². The van der Waals surface area contributed by atoms with Crippen LogP contribution in [0.25, 0.3) is 21.5 Å². The van der Waals surface area contributed by atoms with E-state index in [4.69, 9.17) is 0 Å². The summed E-state index contributed by atoms with van der Waals surface area (Å²) in [5.41, 5.74) is 4.10. The molecule has 1 fully saturated rings. The third-order valence-electron chi connectivity index (χ3n) is 5.37. The molecule has 0 bridgehead atoms. The molecule has 7 heteroatoms. The van der Waals surface area contributed by atoms with Crippen LogP contribution in [-0.4, -0.2) is 19.9 Å². The van der Waals surface area contributed by atoms with Crippen molar-refractivity contribution in [2.45, 2.75) is 32.7 Å². The number of anilines is 1. The molecule has 3 aromatic heterocycles. The quantitative estimate of drug-likeness (QED) is 0.486. The average molecular weight is 406 g/mol. The number of thiazole rings is 1. The van der Waals surface area contributed by atoms with Crippen LogP contribution in [0.5, 0.6) is 0 Å². The predicted octanol–water partition coefficient (Wildman–Crippen LogP) is 5.33. The van der Waals surface area contributed by atoms with Crippen LogP contribution in [0.2, 0.25) is 0 Å². The smallest absolute Gasteiger partial charge is 0.141 e. The Balaban J connectivity index is 1.58. The van der Waals surface area contributed by atoms with Gasteiger partial charge in [-0.1, -0.05) is 6.92 Å². The van der Waals surface area contributed by atoms with Gasteiger partial charge in [0.25, 0.3) is 0 Å². The first-order valence-electron chi connectivity index (χ1n) is 9.64. The first-order chi connectivity index (χ1) is 14.1. The van der Waals surface area contributed by atoms with Gasteiger partial charge in [0.2, 0.25) is 0 Å². The van der Waals surface area contributed by atoms with Crippen molar-refractivity contribution in [3.63, 3.8) is 0 Å². The number of pyridine rings is 1. The zero-order chi connectivity index (χ0) is 20.0. The molecule has 5 rings (SSSR count). The molecule has 0 saturated heterocycles. The van der Waals surface area contributed by atoms with Gasteiger partial charge in [-0.15, -0.1) is 11.3 Å². The lowest BCUT2D eigenvalue weighted by atomic mass is 10.0. The fourth-order valence-corrected chi connectivity index (χ4v) is 4.42. The molecule has 4 aromatic rings. The first kappa shape index (κ1) is 18.1. The molecule has 1 N–H and O–H groups in total. The summed E-state index contributed by atoms with van der Waals surface area (Å²) in [5, 5.41) is 5.34. The van der Waals surface area contributed by atoms with Gasteiger partial charge in [0, 0.05) is 22.0 Å². The monoisotopic (exact) mass is 405 g/mol. The minimum absolute atomic E-state index is 0.340. The van der Waals surface area contributed by atoms with Gasteiger partial charge in [0.15, 0.2) is 0 Å². The van der Waals surface area contributed by atoms with Crippen molar-refractivity contribution in [2.75, 3.05) is 5.32 Å². The van der Waals surface area contributed by atoms with E-state index in [0.717, 1.165) is 33.0 Å². The Morgan fingerprint density at radius 1 is 1.14 bits per heavy atom. The van der Waals surface area contributed by atoms with Gasteiger partial charge in [-0.05, 0) is 55.0 Å². The van der Waals surface area contributed by atoms with Crippen LogP contribution in [0, 0.1) is 18.7 Å². The van der Waals surface area contributed by atoms with Crippen molar-refractivity contribution in [3.05, 3.63) is 64.9 Å². The maximum atomic E-state index is 13.1. The maximum Gasteiger partial charge on any atom is 0.141 e. The zero-order valence-corrected chi connectivity index (χ0v) is 17.0. The summed E-state index contributed by atoms with van der Waals surface area (Å²) in [6, 6.07) is 7.45. The topological polar surface area (TPSA) is 63.6 Å². The molecule has 0 aliphatic heterocycles. The molecule has 2 unspecified atom stereocenters. The van der Waals surface area contributed by atoms with Crippen LogP contribution in [0.3, 0.4) is 0 Å². The summed E-state index contributed by atoms with van der Waals surface area (Å²) in [7, 11) is 0. The standard InChI is InChI=1S/C22H20FN5S/c1-12-5-17(12)18-6-14(22-26-8-13(2)29-22)7-19-20(18)27-11-28-21(19)25-10-16-4-3-15(23)9-24-16/h3-4,6-9,11-12,17H,5,10H2,1-2H3,(H,25,27,28). The van der Waals surface area contributed by atoms with E-state index in [1.807, 2.05) is 6.20 Å². The Hall–Kier alpha value is -2.93. The van der Waals surface area contributed by atoms with Crippen LogP contribution in [-0.2, 0) is 6.54 Å². The summed E-state index contributed by atoms with van der Waals surface area (Å²) >= 11 is 1.69. The number of halogens is 1. The lowest BCUT2D eigenvalue weighted by molar-refractivity contribution is 0.619. The van der Waals surface area contributed by atoms with E-state index < -0.39 is 0 Å². The van der Waals surface area contributed by atoms with Gasteiger partial charge in [-0.25, -0.2) is 19.3 Å². The van der Waals surface area contributed by atoms with Crippen molar-refractivity contribution in [3.8, 4) is 10.6 Å². The van der Waals surface area contributed by atoms with E-state index in [0.29, 0.717) is 18.4 Å². The third-order valence-corrected chi connectivity index (χ3v) is 6.33. The molecular formula is C22H20FN5S. The highest BCUT2D eigenvalue weighted by Gasteiger charge is 2.36. The summed E-state index contributed by atoms with van der Waals surface area (Å²) < 4.78 is 13.1. The SMILES string of the molecule is Cc1cnc(-c2cc(C3CC3C)c3ncnc(NCc4ccc(F)cn4)c3c2)s1. The molecule has 0 radical (unpaired) electrons. The maximum absolute atomic E-state index is 13.1. The largest absolute Gasteiger partial charge is 0.364 e. The van der Waals surface area contributed by atoms with E-state index in [1.165, 1.54) is 29.1 Å². The van der Waals surface area contributed by atoms with Gasteiger partial charge in [0.1, 0.15) is 23.0 Å². The highest BCUT2D eigenvalue weighted by atomic mass is 32.1. The van der Waals surface area contributed by atoms with E-state index in [-0.39, 0.29) is 5.82 Å². The number of aromatic nitrogens is 4. The number of nitrogens with one attached hydrogen (secondary N) is 1. The van der Waals surface area contributed by atoms with Crippen LogP contribution >= 0.6 is 11.3 Å². The van der Waals surface area contributed by atoms with Gasteiger partial charge in [-0.2, -0.15) is 0 Å². The molecule has 2 atom stereocenters. The van der Waals surface area contributed by atoms with E-state index >= 15 is 0 Å². The summed E-state index contributed by atoms with van der Waals surface area (Å²) in [6.45, 7) is 4.80. The number of fused-ring (bicyclic) bond motifs is 1. The molecule has 146 valence electrons. The van der Waals surface area contributed by atoms with Gasteiger partial charge in [0.05, 0.1) is 24.0 Å². The number of aryl methyl sites for hydroxylation is 1. The number of hydrogen-bond acceptors (Lipinski definition) is 6. The minimum atomic E-state index is -0.340. The Bertz CT molecular complexity index is 1190. The molecule has 29 heavy (non-hydrogen) atoms. The summed E-state index contributed by atoms with van der Waals surface area (Å²) in [6.07, 6.45) is 5.92. The molecule has 1 aliphatic carbocycles. The predicted molar refractivity (Wildman–Crippen MR) is 113 cm³/mol. The van der Waals surface area contributed by atoms with E-state index in [9.17, 15) is 4.39 Å². The Morgan fingerprint density at radius 3 is 2.69 bits per heavy atom. The normalized spacial score (nSPS) is 18.2. The average Bonchev–Trinajstić information content (AvgIpc) is 3.29. The number of benzene rings is 1. The fraction of sp³-hybridized carbons (Fsp3) is 0.273. The molecule has 3 heterocycles. The second kappa shape index (κ2) is 7.15. The van der Waals surface area contributed by atoms with E-state index in [2.05, 4.69) is 51.2 Å². The molecular weight excluding hydrogens is 385 g/mol. The Morgan fingerprint density at radius 2 is 2.00 bits per heavy atom. The van der Waals surface area contributed by atoms with Crippen LogP contribution < -0.4 is 5.32 Å². The first-order valence-corrected chi connectivity index (χ1v) is 10.5. The van der Waals surface area contributed by atoms with Crippen molar-refractivity contribution in [1.29, 1.82) is 0 Å². The van der Waals surface area contributed by atoms with Crippen LogP contribution in [0.15, 0.2) is 43.0 Å². The number of rotatable bonds is 5. The highest BCUT2D eigenvalue weighted by molar-refractivity contribution is 7.14. The number of hydrogen-bond donors (Lipinski definition) is 1. The van der Waals surface area contributed by atoms with Gasteiger partial charge >= 0.3 is 0 Å². The molecule has 1 saturated carbocycles. The second-order valence-electron chi connectivity index (χ2n) is 7.60. The molecule has 0 amide bonds. The van der Waals surface area contributed by atoms with Crippen molar-refractivity contribution in [1.82, 2.24) is 19.9 Å². The van der Waals surface area contributed by atoms with Crippen molar-refractivity contribution >= 4 is 28.1 Å². The molecule has 1 aromatic carbocycles. The van der Waals surface area contributed by atoms with Gasteiger partial charge < -0.3 is 5.32 Å². The lowest BCUT2D eigenvalue weighted by Crippen LogP contribution is -2.05. The molecule has 5 nitrogen and oxygen atoms in total. The van der Waals surface area contributed by atoms with Crippen LogP contribution in [0.1, 0.15) is 35.4 Å². The third kappa shape index (κ3) is 3.58. The second-order valence-corrected chi connectivity index (χ2v) is 8.84. The molecule has 0 spiro atoms. The summed E-state index contributed by atoms with van der Waals surface area (Å²) in [4.78, 5) is 19.0. The zero-order valence-electron chi connectivity index (χ0n) is 16.2. The minimum Gasteiger partial charge on any atom is -0.364 e. The fourth-order valence-electron chi connectivity index (χ4n) is 3.67. The Kier molecular flexibility index (Phi) is 4.47. The lowest BCUT2D eigenvalue weighted by Gasteiger charge is -2.12. The summed E-state index contributed by atoms with van der Waals surface area (Å²) in [5.74, 6) is 1.61. The molecule has 1 aliphatic rings. The van der Waals surface area contributed by atoms with Crippen molar-refractivity contribution < 1.29 is 4.39 Å². The number of nitrogens with zero attached hydrogens (tertiary/aromatic N) is 4. The highest BCUT2D eigenvalue weighted by Crippen LogP contribution is 2.50.